The van der Waals surface area contributed by atoms with Crippen LogP contribution in [0.1, 0.15) is 65.0 Å². The zero-order chi connectivity index (χ0) is 42.4. The van der Waals surface area contributed by atoms with E-state index in [1.165, 1.54) is 0 Å². The maximum Gasteiger partial charge on any atom is 0.189 e. The quantitative estimate of drug-likeness (QED) is 0.0602. The van der Waals surface area contributed by atoms with Crippen LogP contribution in [-0.4, -0.2) is 82.4 Å². The SMILES string of the molecule is CC/C(=C\c1cc(OC)cc(OC)c1OC)C(=O)c1ccc(N(C)C)c(N)c1.CCC/C(=C\c1cc(OC)cc(OC)c1OC)C(=O)c1ccc(N(C)C)c(N)c1. The second-order valence-corrected chi connectivity index (χ2v) is 13.3. The maximum absolute atomic E-state index is 13.2. The highest BCUT2D eigenvalue weighted by atomic mass is 16.5. The molecule has 4 aromatic carbocycles. The van der Waals surface area contributed by atoms with Gasteiger partial charge in [-0.05, 0) is 73.5 Å². The van der Waals surface area contributed by atoms with Crippen molar-refractivity contribution in [3.63, 3.8) is 0 Å². The largest absolute Gasteiger partial charge is 0.497 e. The number of hydrogen-bond acceptors (Lipinski definition) is 12. The molecular weight excluding hydrogens is 725 g/mol. The first-order valence-corrected chi connectivity index (χ1v) is 18.5. The molecule has 12 nitrogen and oxygen atoms in total. The summed E-state index contributed by atoms with van der Waals surface area (Å²) >= 11 is 0. The fraction of sp³-hybridized carbons (Fsp3) is 0.333. The van der Waals surface area contributed by atoms with Crippen molar-refractivity contribution in [3.8, 4) is 34.5 Å². The molecule has 0 spiro atoms. The molecule has 4 rings (SSSR count). The number of rotatable bonds is 17. The summed E-state index contributed by atoms with van der Waals surface area (Å²) in [5.41, 5.74) is 19.0. The van der Waals surface area contributed by atoms with Crippen LogP contribution in [0, 0.1) is 0 Å². The van der Waals surface area contributed by atoms with Crippen molar-refractivity contribution in [2.45, 2.75) is 33.1 Å². The van der Waals surface area contributed by atoms with Crippen molar-refractivity contribution >= 4 is 46.5 Å². The minimum Gasteiger partial charge on any atom is -0.497 e. The molecule has 0 heterocycles. The predicted molar refractivity (Wildman–Crippen MR) is 232 cm³/mol. The van der Waals surface area contributed by atoms with Crippen LogP contribution >= 0.6 is 0 Å². The van der Waals surface area contributed by atoms with Gasteiger partial charge in [-0.3, -0.25) is 9.59 Å². The van der Waals surface area contributed by atoms with Gasteiger partial charge < -0.3 is 49.7 Å². The van der Waals surface area contributed by atoms with E-state index in [9.17, 15) is 9.59 Å². The highest BCUT2D eigenvalue weighted by Crippen LogP contribution is 2.39. The second-order valence-electron chi connectivity index (χ2n) is 13.3. The van der Waals surface area contributed by atoms with E-state index < -0.39 is 0 Å². The zero-order valence-corrected chi connectivity index (χ0v) is 35.4. The number of Topliss-reactive ketones (excluding diaryl/α,β-unsaturated/α-hetero) is 2. The first kappa shape index (κ1) is 45.1. The van der Waals surface area contributed by atoms with Gasteiger partial charge in [0.2, 0.25) is 0 Å². The van der Waals surface area contributed by atoms with Crippen LogP contribution in [0.2, 0.25) is 0 Å². The molecule has 0 aromatic heterocycles. The first-order valence-electron chi connectivity index (χ1n) is 18.5. The molecular formula is C45H58N4O8. The lowest BCUT2D eigenvalue weighted by atomic mass is 9.96. The van der Waals surface area contributed by atoms with Gasteiger partial charge in [0, 0.05) is 73.7 Å². The third-order valence-electron chi connectivity index (χ3n) is 9.12. The van der Waals surface area contributed by atoms with Gasteiger partial charge in [-0.2, -0.15) is 0 Å². The highest BCUT2D eigenvalue weighted by Gasteiger charge is 2.19. The third kappa shape index (κ3) is 11.2. The van der Waals surface area contributed by atoms with Gasteiger partial charge in [-0.1, -0.05) is 20.3 Å². The van der Waals surface area contributed by atoms with E-state index in [-0.39, 0.29) is 11.6 Å². The minimum absolute atomic E-state index is 0.0623. The topological polar surface area (TPSA) is 148 Å². The van der Waals surface area contributed by atoms with Crippen LogP contribution in [0.3, 0.4) is 0 Å². The lowest BCUT2D eigenvalue weighted by Gasteiger charge is -2.16. The van der Waals surface area contributed by atoms with E-state index in [0.29, 0.717) is 86.6 Å². The van der Waals surface area contributed by atoms with Gasteiger partial charge in [-0.25, -0.2) is 0 Å². The minimum atomic E-state index is -0.0802. The van der Waals surface area contributed by atoms with Gasteiger partial charge in [0.05, 0.1) is 65.4 Å². The molecule has 0 aliphatic carbocycles. The van der Waals surface area contributed by atoms with Crippen LogP contribution < -0.4 is 49.7 Å². The average molecular weight is 783 g/mol. The molecule has 0 atom stereocenters. The molecule has 0 saturated carbocycles. The van der Waals surface area contributed by atoms with E-state index in [0.717, 1.165) is 23.4 Å². The fourth-order valence-corrected chi connectivity index (χ4v) is 6.19. The molecule has 0 aliphatic rings. The van der Waals surface area contributed by atoms with Crippen molar-refractivity contribution in [2.75, 3.05) is 92.1 Å². The Morgan fingerprint density at radius 1 is 0.561 bits per heavy atom. The fourth-order valence-electron chi connectivity index (χ4n) is 6.19. The summed E-state index contributed by atoms with van der Waals surface area (Å²) in [6.45, 7) is 3.97. The molecule has 0 fully saturated rings. The Kier molecular flexibility index (Phi) is 16.7. The predicted octanol–water partition coefficient (Wildman–Crippen LogP) is 8.46. The van der Waals surface area contributed by atoms with E-state index in [2.05, 4.69) is 0 Å². The van der Waals surface area contributed by atoms with Crippen molar-refractivity contribution in [2.24, 2.45) is 0 Å². The Bertz CT molecular complexity index is 2090. The smallest absolute Gasteiger partial charge is 0.189 e. The average Bonchev–Trinajstić information content (AvgIpc) is 3.20. The summed E-state index contributed by atoms with van der Waals surface area (Å²) in [6, 6.07) is 17.9. The number of ether oxygens (including phenoxy) is 6. The molecule has 0 aliphatic heterocycles. The summed E-state index contributed by atoms with van der Waals surface area (Å²) in [7, 11) is 17.1. The van der Waals surface area contributed by atoms with E-state index in [1.807, 2.05) is 88.3 Å². The van der Waals surface area contributed by atoms with Crippen LogP contribution in [0.4, 0.5) is 22.7 Å². The van der Waals surface area contributed by atoms with E-state index in [4.69, 9.17) is 39.9 Å². The number of ketones is 2. The number of nitrogens with two attached hydrogens (primary N) is 2. The van der Waals surface area contributed by atoms with E-state index >= 15 is 0 Å². The van der Waals surface area contributed by atoms with Crippen molar-refractivity contribution in [3.05, 3.63) is 94.1 Å². The van der Waals surface area contributed by atoms with Crippen molar-refractivity contribution in [1.82, 2.24) is 0 Å². The maximum atomic E-state index is 13.2. The van der Waals surface area contributed by atoms with Gasteiger partial charge in [0.15, 0.2) is 34.6 Å². The standard InChI is InChI=1S/C23H30N2O4.C22H28N2O4/c1-7-8-15(22(26)16-9-10-20(25(2)3)19(24)13-16)11-17-12-18(27-4)14-21(28-5)23(17)29-6;1-7-14(21(25)15-8-9-19(24(2)3)18(23)12-15)10-16-11-17(26-4)13-20(27-5)22(16)28-6/h9-14H,7-8,24H2,1-6H3;8-13H,7,23H2,1-6H3/b15-11+;14-10+. The summed E-state index contributed by atoms with van der Waals surface area (Å²) in [5.74, 6) is 3.28. The van der Waals surface area contributed by atoms with Gasteiger partial charge >= 0.3 is 0 Å². The number of allylic oxidation sites excluding steroid dienone is 2. The Morgan fingerprint density at radius 3 is 1.28 bits per heavy atom. The summed E-state index contributed by atoms with van der Waals surface area (Å²) < 4.78 is 32.5. The van der Waals surface area contributed by atoms with Gasteiger partial charge in [0.1, 0.15) is 11.5 Å². The monoisotopic (exact) mass is 782 g/mol. The Balaban J connectivity index is 0.000000306. The number of benzene rings is 4. The van der Waals surface area contributed by atoms with Crippen molar-refractivity contribution in [1.29, 1.82) is 0 Å². The Labute approximate surface area is 337 Å². The van der Waals surface area contributed by atoms with Gasteiger partial charge in [0.25, 0.3) is 0 Å². The summed E-state index contributed by atoms with van der Waals surface area (Å²) in [5, 5.41) is 0. The van der Waals surface area contributed by atoms with Crippen LogP contribution in [0.15, 0.2) is 71.8 Å². The number of carbonyl (C=O) groups excluding carboxylic acids is 2. The molecule has 0 saturated heterocycles. The molecule has 0 radical (unpaired) electrons. The highest BCUT2D eigenvalue weighted by molar-refractivity contribution is 6.13. The molecule has 306 valence electrons. The van der Waals surface area contributed by atoms with Crippen LogP contribution in [0.5, 0.6) is 34.5 Å². The van der Waals surface area contributed by atoms with Crippen LogP contribution in [-0.2, 0) is 0 Å². The normalized spacial score (nSPS) is 11.2. The molecule has 0 amide bonds. The number of carbonyl (C=O) groups is 2. The van der Waals surface area contributed by atoms with E-state index in [1.54, 1.807) is 79.1 Å². The number of nitrogens with zero attached hydrogens (tertiary/aromatic N) is 2. The molecule has 57 heavy (non-hydrogen) atoms. The number of anilines is 4. The molecule has 4 aromatic rings. The molecule has 0 bridgehead atoms. The number of hydrogen-bond donors (Lipinski definition) is 2. The third-order valence-corrected chi connectivity index (χ3v) is 9.12. The van der Waals surface area contributed by atoms with Crippen LogP contribution in [0.25, 0.3) is 12.2 Å². The number of methoxy groups -OCH3 is 6. The summed E-state index contributed by atoms with van der Waals surface area (Å²) in [4.78, 5) is 30.1. The lowest BCUT2D eigenvalue weighted by molar-refractivity contribution is 0.102. The molecule has 4 N–H and O–H groups in total. The lowest BCUT2D eigenvalue weighted by Crippen LogP contribution is -2.12. The van der Waals surface area contributed by atoms with Crippen molar-refractivity contribution < 1.29 is 38.0 Å². The Morgan fingerprint density at radius 2 is 0.965 bits per heavy atom. The molecule has 12 heteroatoms. The second kappa shape index (κ2) is 21.1. The molecule has 0 unspecified atom stereocenters. The first-order chi connectivity index (χ1) is 27.2. The Hall–Kier alpha value is -6.30. The van der Waals surface area contributed by atoms with Gasteiger partial charge in [-0.15, -0.1) is 0 Å². The zero-order valence-electron chi connectivity index (χ0n) is 35.4. The summed E-state index contributed by atoms with van der Waals surface area (Å²) in [6.07, 6.45) is 5.65. The number of nitrogen functional groups attached to an aromatic ring is 2.